The van der Waals surface area contributed by atoms with E-state index in [0.29, 0.717) is 12.0 Å². The van der Waals surface area contributed by atoms with Gasteiger partial charge in [0.1, 0.15) is 5.25 Å². The van der Waals surface area contributed by atoms with Crippen LogP contribution < -0.4 is 0 Å². The molecule has 0 spiro atoms. The number of Topliss-reactive ketones (excluding diaryl/α,β-unsaturated/α-hetero) is 1. The van der Waals surface area contributed by atoms with Gasteiger partial charge >= 0.3 is 0 Å². The molecule has 3 nitrogen and oxygen atoms in total. The summed E-state index contributed by atoms with van der Waals surface area (Å²) in [7, 11) is -3.32. The van der Waals surface area contributed by atoms with Crippen molar-refractivity contribution in [2.45, 2.75) is 25.5 Å². The van der Waals surface area contributed by atoms with Crippen LogP contribution in [0.3, 0.4) is 0 Å². The second-order valence-electron chi connectivity index (χ2n) is 3.96. The minimum absolute atomic E-state index is 0.311. The third-order valence-electron chi connectivity index (χ3n) is 2.52. The van der Waals surface area contributed by atoms with Crippen LogP contribution in [0.1, 0.15) is 29.3 Å². The number of ketones is 1. The number of benzene rings is 1. The normalized spacial score (nSPS) is 13.4. The van der Waals surface area contributed by atoms with E-state index in [1.165, 1.54) is 0 Å². The Balaban J connectivity index is 3.06. The third kappa shape index (κ3) is 2.92. The molecule has 0 amide bonds. The highest BCUT2D eigenvalue weighted by Gasteiger charge is 2.27. The van der Waals surface area contributed by atoms with Gasteiger partial charge in [-0.05, 0) is 13.3 Å². The molecule has 0 aromatic heterocycles. The number of carbonyl (C=O) groups excluding carboxylic acids is 1. The molecule has 0 aliphatic carbocycles. The summed E-state index contributed by atoms with van der Waals surface area (Å²) in [6.07, 6.45) is 1.42. The van der Waals surface area contributed by atoms with Crippen LogP contribution in [-0.4, -0.2) is 25.7 Å². The van der Waals surface area contributed by atoms with Gasteiger partial charge in [-0.1, -0.05) is 36.8 Å². The first-order chi connectivity index (χ1) is 7.36. The number of hydrogen-bond acceptors (Lipinski definition) is 3. The Kier molecular flexibility index (Phi) is 3.86. The number of carbonyl (C=O) groups is 1. The highest BCUT2D eigenvalue weighted by Crippen LogP contribution is 2.13. The molecule has 0 unspecified atom stereocenters. The van der Waals surface area contributed by atoms with Gasteiger partial charge in [-0.3, -0.25) is 4.79 Å². The van der Waals surface area contributed by atoms with Crippen molar-refractivity contribution in [2.24, 2.45) is 0 Å². The summed E-state index contributed by atoms with van der Waals surface area (Å²) < 4.78 is 22.8. The first-order valence-electron chi connectivity index (χ1n) is 5.16. The number of aryl methyl sites for hydroxylation is 1. The van der Waals surface area contributed by atoms with Crippen LogP contribution >= 0.6 is 0 Å². The van der Waals surface area contributed by atoms with Crippen molar-refractivity contribution in [1.82, 2.24) is 0 Å². The van der Waals surface area contributed by atoms with Crippen LogP contribution in [0.25, 0.3) is 0 Å². The van der Waals surface area contributed by atoms with Crippen molar-refractivity contribution in [1.29, 1.82) is 0 Å². The van der Waals surface area contributed by atoms with E-state index in [1.54, 1.807) is 19.1 Å². The van der Waals surface area contributed by atoms with Crippen molar-refractivity contribution in [3.8, 4) is 0 Å². The molecule has 0 heterocycles. The van der Waals surface area contributed by atoms with E-state index in [2.05, 4.69) is 0 Å². The molecule has 1 atom stereocenters. The zero-order valence-electron chi connectivity index (χ0n) is 9.73. The number of hydrogen-bond donors (Lipinski definition) is 0. The predicted octanol–water partition coefficient (Wildman–Crippen LogP) is 2.00. The van der Waals surface area contributed by atoms with E-state index in [-0.39, 0.29) is 5.78 Å². The van der Waals surface area contributed by atoms with Crippen LogP contribution in [0.5, 0.6) is 0 Å². The summed E-state index contributed by atoms with van der Waals surface area (Å²) in [6.45, 7) is 3.62. The lowest BCUT2D eigenvalue weighted by atomic mass is 10.1. The molecule has 0 fully saturated rings. The number of rotatable bonds is 4. The molecular formula is C12H16O3S. The quantitative estimate of drug-likeness (QED) is 0.756. The van der Waals surface area contributed by atoms with Gasteiger partial charge in [0.25, 0.3) is 0 Å². The Hall–Kier alpha value is -1.16. The minimum atomic E-state index is -3.32. The molecule has 0 saturated carbocycles. The Morgan fingerprint density at radius 2 is 1.75 bits per heavy atom. The zero-order chi connectivity index (χ0) is 12.3. The molecule has 0 aliphatic heterocycles. The summed E-state index contributed by atoms with van der Waals surface area (Å²) in [5.41, 5.74) is 1.51. The van der Waals surface area contributed by atoms with Crippen LogP contribution in [0, 0.1) is 6.92 Å². The zero-order valence-corrected chi connectivity index (χ0v) is 10.5. The first kappa shape index (κ1) is 12.9. The fourth-order valence-electron chi connectivity index (χ4n) is 1.59. The van der Waals surface area contributed by atoms with E-state index in [0.717, 1.165) is 11.8 Å². The molecule has 16 heavy (non-hydrogen) atoms. The fourth-order valence-corrected chi connectivity index (χ4v) is 2.72. The summed E-state index contributed by atoms with van der Waals surface area (Å²) in [6, 6.07) is 6.96. The van der Waals surface area contributed by atoms with Crippen LogP contribution in [0.15, 0.2) is 24.3 Å². The fraction of sp³-hybridized carbons (Fsp3) is 0.417. The number of sulfone groups is 1. The molecule has 4 heteroatoms. The van der Waals surface area contributed by atoms with Gasteiger partial charge in [0.05, 0.1) is 0 Å². The molecule has 0 saturated heterocycles. The SMILES string of the molecule is CC[C@H](C(=O)c1ccc(C)cc1)S(C)(=O)=O. The molecule has 0 aliphatic rings. The van der Waals surface area contributed by atoms with E-state index in [1.807, 2.05) is 19.1 Å². The largest absolute Gasteiger partial charge is 0.293 e. The maximum atomic E-state index is 12.0. The van der Waals surface area contributed by atoms with Crippen molar-refractivity contribution in [2.75, 3.05) is 6.26 Å². The van der Waals surface area contributed by atoms with Gasteiger partial charge in [-0.15, -0.1) is 0 Å². The highest BCUT2D eigenvalue weighted by atomic mass is 32.2. The van der Waals surface area contributed by atoms with Gasteiger partial charge in [-0.2, -0.15) is 0 Å². The van der Waals surface area contributed by atoms with Gasteiger partial charge in [0.2, 0.25) is 0 Å². The Morgan fingerprint density at radius 3 is 2.12 bits per heavy atom. The van der Waals surface area contributed by atoms with Crippen LogP contribution in [-0.2, 0) is 9.84 Å². The maximum absolute atomic E-state index is 12.0. The van der Waals surface area contributed by atoms with Gasteiger partial charge in [0.15, 0.2) is 15.6 Å². The monoisotopic (exact) mass is 240 g/mol. The molecule has 0 radical (unpaired) electrons. The lowest BCUT2D eigenvalue weighted by Gasteiger charge is -2.11. The third-order valence-corrected chi connectivity index (χ3v) is 4.10. The molecular weight excluding hydrogens is 224 g/mol. The molecule has 1 aromatic carbocycles. The molecule has 1 rings (SSSR count). The van der Waals surface area contributed by atoms with Crippen molar-refractivity contribution >= 4 is 15.6 Å². The highest BCUT2D eigenvalue weighted by molar-refractivity contribution is 7.92. The average Bonchev–Trinajstić information content (AvgIpc) is 2.17. The second-order valence-corrected chi connectivity index (χ2v) is 6.18. The Bertz CT molecular complexity index is 471. The van der Waals surface area contributed by atoms with Gasteiger partial charge in [-0.25, -0.2) is 8.42 Å². The summed E-state index contributed by atoms with van der Waals surface area (Å²) >= 11 is 0. The van der Waals surface area contributed by atoms with Crippen molar-refractivity contribution < 1.29 is 13.2 Å². The molecule has 0 N–H and O–H groups in total. The molecule has 1 aromatic rings. The lowest BCUT2D eigenvalue weighted by Crippen LogP contribution is -2.28. The van der Waals surface area contributed by atoms with Gasteiger partial charge in [0, 0.05) is 11.8 Å². The van der Waals surface area contributed by atoms with Crippen LogP contribution in [0.2, 0.25) is 0 Å². The summed E-state index contributed by atoms with van der Waals surface area (Å²) in [5, 5.41) is -0.921. The van der Waals surface area contributed by atoms with E-state index in [9.17, 15) is 13.2 Å². The summed E-state index contributed by atoms with van der Waals surface area (Å²) in [4.78, 5) is 12.0. The Morgan fingerprint density at radius 1 is 1.25 bits per heavy atom. The van der Waals surface area contributed by atoms with Gasteiger partial charge < -0.3 is 0 Å². The molecule has 0 bridgehead atoms. The predicted molar refractivity (Wildman–Crippen MR) is 64.4 cm³/mol. The second kappa shape index (κ2) is 4.78. The maximum Gasteiger partial charge on any atom is 0.180 e. The first-order valence-corrected chi connectivity index (χ1v) is 7.11. The average molecular weight is 240 g/mol. The summed E-state index contributed by atoms with van der Waals surface area (Å²) in [5.74, 6) is -0.315. The van der Waals surface area contributed by atoms with Crippen molar-refractivity contribution in [3.05, 3.63) is 35.4 Å². The smallest absolute Gasteiger partial charge is 0.180 e. The van der Waals surface area contributed by atoms with E-state index in [4.69, 9.17) is 0 Å². The molecule has 88 valence electrons. The Labute approximate surface area is 96.4 Å². The standard InChI is InChI=1S/C12H16O3S/c1-4-11(16(3,14)15)12(13)10-7-5-9(2)6-8-10/h5-8,11H,4H2,1-3H3/t11-/m1/s1. The van der Waals surface area contributed by atoms with Crippen molar-refractivity contribution in [3.63, 3.8) is 0 Å². The van der Waals surface area contributed by atoms with E-state index < -0.39 is 15.1 Å². The minimum Gasteiger partial charge on any atom is -0.293 e. The topological polar surface area (TPSA) is 51.2 Å². The van der Waals surface area contributed by atoms with E-state index >= 15 is 0 Å². The lowest BCUT2D eigenvalue weighted by molar-refractivity contribution is 0.0985. The van der Waals surface area contributed by atoms with Crippen LogP contribution in [0.4, 0.5) is 0 Å².